The van der Waals surface area contributed by atoms with Crippen LogP contribution in [0.1, 0.15) is 38.7 Å². The smallest absolute Gasteiger partial charge is 0.318 e. The Kier molecular flexibility index (Phi) is 9.69. The molecule has 4 aromatic rings. The molecule has 7 rings (SSSR count). The van der Waals surface area contributed by atoms with E-state index in [0.29, 0.717) is 65.2 Å². The van der Waals surface area contributed by atoms with Crippen LogP contribution in [0.5, 0.6) is 6.01 Å². The quantitative estimate of drug-likeness (QED) is 0.190. The van der Waals surface area contributed by atoms with Gasteiger partial charge in [0.1, 0.15) is 29.0 Å². The minimum atomic E-state index is -0.708. The molecule has 2 amide bonds. The summed E-state index contributed by atoms with van der Waals surface area (Å²) >= 11 is 0. The number of alkyl halides is 1. The number of terminal acetylenes is 1. The Hall–Kier alpha value is -5.18. The number of amides is 2. The average Bonchev–Trinajstić information content (AvgIpc) is 3.80. The van der Waals surface area contributed by atoms with Crippen molar-refractivity contribution in [1.82, 2.24) is 24.8 Å². The van der Waals surface area contributed by atoms with Crippen molar-refractivity contribution in [1.29, 1.82) is 0 Å². The van der Waals surface area contributed by atoms with Crippen molar-refractivity contribution in [2.75, 3.05) is 38.7 Å². The molecular formula is C38H39F3N6O3. The lowest BCUT2D eigenvalue weighted by Gasteiger charge is -2.31. The summed E-state index contributed by atoms with van der Waals surface area (Å²) in [6, 6.07) is 7.80. The molecule has 50 heavy (non-hydrogen) atoms. The summed E-state index contributed by atoms with van der Waals surface area (Å²) in [4.78, 5) is 42.0. The summed E-state index contributed by atoms with van der Waals surface area (Å²) in [5.74, 6) is 2.42. The number of rotatable bonds is 5. The van der Waals surface area contributed by atoms with Gasteiger partial charge in [0.05, 0.1) is 24.1 Å². The van der Waals surface area contributed by atoms with Gasteiger partial charge in [0.15, 0.2) is 5.82 Å². The number of ether oxygens (including phenoxy) is 1. The Morgan fingerprint density at radius 2 is 1.86 bits per heavy atom. The van der Waals surface area contributed by atoms with Gasteiger partial charge >= 0.3 is 6.01 Å². The minimum absolute atomic E-state index is 0.00374. The summed E-state index contributed by atoms with van der Waals surface area (Å²) < 4.78 is 49.0. The van der Waals surface area contributed by atoms with E-state index in [9.17, 15) is 18.4 Å². The van der Waals surface area contributed by atoms with E-state index in [2.05, 4.69) is 27.5 Å². The first-order valence-corrected chi connectivity index (χ1v) is 16.6. The monoisotopic (exact) mass is 684 g/mol. The van der Waals surface area contributed by atoms with E-state index in [4.69, 9.17) is 11.2 Å². The van der Waals surface area contributed by atoms with Crippen molar-refractivity contribution in [2.45, 2.75) is 51.4 Å². The molecule has 3 unspecified atom stereocenters. The number of fused-ring (bicyclic) bond motifs is 3. The summed E-state index contributed by atoms with van der Waals surface area (Å²) in [7, 11) is 3.24. The van der Waals surface area contributed by atoms with Crippen molar-refractivity contribution in [3.8, 4) is 29.6 Å². The lowest BCUT2D eigenvalue weighted by atomic mass is 9.96. The predicted octanol–water partition coefficient (Wildman–Crippen LogP) is 5.94. The van der Waals surface area contributed by atoms with Gasteiger partial charge in [-0.1, -0.05) is 36.8 Å². The van der Waals surface area contributed by atoms with E-state index < -0.39 is 17.8 Å². The van der Waals surface area contributed by atoms with E-state index in [0.717, 1.165) is 13.1 Å². The molecule has 260 valence electrons. The van der Waals surface area contributed by atoms with Crippen LogP contribution < -0.4 is 9.64 Å². The number of halogens is 3. The number of pyridine rings is 1. The van der Waals surface area contributed by atoms with Crippen LogP contribution in [-0.2, 0) is 9.59 Å². The normalized spacial score (nSPS) is 22.6. The van der Waals surface area contributed by atoms with Crippen molar-refractivity contribution in [3.63, 3.8) is 0 Å². The highest BCUT2D eigenvalue weighted by Gasteiger charge is 2.41. The second kappa shape index (κ2) is 14.0. The van der Waals surface area contributed by atoms with E-state index in [1.807, 2.05) is 23.8 Å². The van der Waals surface area contributed by atoms with Gasteiger partial charge in [-0.3, -0.25) is 14.6 Å². The number of nitrogens with zero attached hydrogens (tertiary/aromatic N) is 6. The highest BCUT2D eigenvalue weighted by Crippen LogP contribution is 2.40. The van der Waals surface area contributed by atoms with Gasteiger partial charge < -0.3 is 19.4 Å². The van der Waals surface area contributed by atoms with E-state index >= 15 is 4.39 Å². The first-order chi connectivity index (χ1) is 24.0. The van der Waals surface area contributed by atoms with E-state index in [1.54, 1.807) is 36.1 Å². The van der Waals surface area contributed by atoms with Crippen LogP contribution in [-0.4, -0.2) is 88.6 Å². The zero-order valence-corrected chi connectivity index (χ0v) is 28.5. The van der Waals surface area contributed by atoms with E-state index in [1.165, 1.54) is 25.4 Å². The number of benzene rings is 2. The second-order valence-corrected chi connectivity index (χ2v) is 13.1. The van der Waals surface area contributed by atoms with Crippen molar-refractivity contribution in [3.05, 3.63) is 66.4 Å². The van der Waals surface area contributed by atoms with Gasteiger partial charge in [0, 0.05) is 56.8 Å². The molecule has 4 heterocycles. The van der Waals surface area contributed by atoms with Crippen LogP contribution in [0.3, 0.4) is 0 Å². The van der Waals surface area contributed by atoms with Crippen molar-refractivity contribution >= 4 is 39.3 Å². The molecule has 2 aromatic heterocycles. The molecule has 4 atom stereocenters. The summed E-state index contributed by atoms with van der Waals surface area (Å²) in [6.45, 7) is 9.28. The minimum Gasteiger partial charge on any atom is -0.467 e. The number of likely N-dealkylation sites (N-methyl/N-ethyl adjacent to an activating group) is 1. The van der Waals surface area contributed by atoms with Crippen LogP contribution in [0.25, 0.3) is 32.9 Å². The van der Waals surface area contributed by atoms with Crippen LogP contribution >= 0.6 is 0 Å². The third-order valence-corrected chi connectivity index (χ3v) is 10.4. The third kappa shape index (κ3) is 6.21. The zero-order valence-electron chi connectivity index (χ0n) is 28.5. The molecule has 3 fully saturated rings. The van der Waals surface area contributed by atoms with Crippen LogP contribution in [0.15, 0.2) is 49.2 Å². The molecule has 0 spiro atoms. The molecule has 0 N–H and O–H groups in total. The second-order valence-electron chi connectivity index (χ2n) is 13.1. The van der Waals surface area contributed by atoms with Gasteiger partial charge in [-0.15, -0.1) is 6.42 Å². The topological polar surface area (TPSA) is 91.8 Å². The number of carbonyl (C=O) groups excluding carboxylic acids is 2. The lowest BCUT2D eigenvalue weighted by molar-refractivity contribution is -0.128. The fourth-order valence-corrected chi connectivity index (χ4v) is 7.77. The van der Waals surface area contributed by atoms with Gasteiger partial charge in [-0.05, 0) is 55.6 Å². The first kappa shape index (κ1) is 34.7. The maximum Gasteiger partial charge on any atom is 0.318 e. The molecule has 9 nitrogen and oxygen atoms in total. The zero-order chi connectivity index (χ0) is 35.9. The highest BCUT2D eigenvalue weighted by atomic mass is 19.1. The van der Waals surface area contributed by atoms with Gasteiger partial charge in [-0.25, -0.2) is 13.2 Å². The Bertz CT molecular complexity index is 2020. The summed E-state index contributed by atoms with van der Waals surface area (Å²) in [5.41, 5.74) is 0.374. The Morgan fingerprint density at radius 3 is 2.50 bits per heavy atom. The molecule has 12 heteroatoms. The molecule has 0 bridgehead atoms. The number of carbonyl (C=O) groups is 2. The Balaban J connectivity index is 0.000000302. The molecule has 3 aliphatic rings. The summed E-state index contributed by atoms with van der Waals surface area (Å²) in [6.07, 6.45) is 9.85. The Labute approximate surface area is 289 Å². The third-order valence-electron chi connectivity index (χ3n) is 10.4. The van der Waals surface area contributed by atoms with Crippen LogP contribution in [0.2, 0.25) is 0 Å². The fourth-order valence-electron chi connectivity index (χ4n) is 7.77. The molecular weight excluding hydrogens is 645 g/mol. The van der Waals surface area contributed by atoms with Crippen LogP contribution in [0.4, 0.5) is 19.0 Å². The molecule has 2 saturated heterocycles. The van der Waals surface area contributed by atoms with Gasteiger partial charge in [0.2, 0.25) is 11.8 Å². The molecule has 1 saturated carbocycles. The standard InChI is InChI=1S/C29H25F2N5O2.C9H14FNO/c1-6-18-21(30)12-11-17-9-8-10-19(24(17)18)26-25(31)27-20(15-32-26)28(34-29(33-27)38-5)35(4)22-13-14-36(16(22)3)23(37)7-2;1-6(12)11-4-7-2-9(10)3-8(7)5-11/h1,7-12,15-16,22H,2,13-14H2,3-5H3;7-9H,2-5H2,1H3/t16-,22?;/m1./s1. The summed E-state index contributed by atoms with van der Waals surface area (Å²) in [5, 5.41) is 1.43. The van der Waals surface area contributed by atoms with Crippen molar-refractivity contribution in [2.24, 2.45) is 11.8 Å². The number of hydrogen-bond donors (Lipinski definition) is 0. The van der Waals surface area contributed by atoms with Crippen molar-refractivity contribution < 1.29 is 27.5 Å². The van der Waals surface area contributed by atoms with Gasteiger partial charge in [-0.2, -0.15) is 9.97 Å². The van der Waals surface area contributed by atoms with E-state index in [-0.39, 0.29) is 46.7 Å². The lowest BCUT2D eigenvalue weighted by Crippen LogP contribution is -2.43. The molecule has 1 aliphatic carbocycles. The molecule has 2 aliphatic heterocycles. The SMILES string of the molecule is C#Cc1c(F)ccc2cccc(-c3ncc4c(N(C)C5CCN(C(=O)C=C)[C@@H]5C)nc(OC)nc4c3F)c12.CC(=O)N1CC2CC(F)CC2C1. The maximum atomic E-state index is 16.2. The van der Waals surface area contributed by atoms with Crippen LogP contribution in [0, 0.1) is 35.8 Å². The molecule has 2 aromatic carbocycles. The Morgan fingerprint density at radius 1 is 1.14 bits per heavy atom. The predicted molar refractivity (Wildman–Crippen MR) is 186 cm³/mol. The van der Waals surface area contributed by atoms with Gasteiger partial charge in [0.25, 0.3) is 0 Å². The largest absolute Gasteiger partial charge is 0.467 e. The number of methoxy groups -OCH3 is 1. The molecule has 0 radical (unpaired) electrons. The first-order valence-electron chi connectivity index (χ1n) is 16.6. The number of hydrogen-bond acceptors (Lipinski definition) is 7. The number of likely N-dealkylation sites (tertiary alicyclic amines) is 2. The number of aromatic nitrogens is 3. The maximum absolute atomic E-state index is 16.2. The fraction of sp³-hybridized carbons (Fsp3) is 0.395. The number of anilines is 1. The average molecular weight is 685 g/mol. The highest BCUT2D eigenvalue weighted by molar-refractivity contribution is 6.02.